The minimum Gasteiger partial charge on any atom is -0.378 e. The molecule has 0 atom stereocenters. The van der Waals surface area contributed by atoms with Crippen molar-refractivity contribution in [1.29, 1.82) is 0 Å². The summed E-state index contributed by atoms with van der Waals surface area (Å²) in [6, 6.07) is 15.7. The van der Waals surface area contributed by atoms with Gasteiger partial charge in [-0.25, -0.2) is 0 Å². The molecule has 0 spiro atoms. The molecule has 4 rings (SSSR count). The van der Waals surface area contributed by atoms with Crippen LogP contribution in [0.2, 0.25) is 0 Å². The van der Waals surface area contributed by atoms with Gasteiger partial charge in [0.2, 0.25) is 0 Å². The highest BCUT2D eigenvalue weighted by molar-refractivity contribution is 6.11. The van der Waals surface area contributed by atoms with E-state index in [1.54, 1.807) is 6.20 Å². The van der Waals surface area contributed by atoms with Gasteiger partial charge in [-0.05, 0) is 30.3 Å². The highest BCUT2D eigenvalue weighted by atomic mass is 16.5. The zero-order chi connectivity index (χ0) is 19.5. The molecule has 2 heterocycles. The van der Waals surface area contributed by atoms with E-state index in [0.29, 0.717) is 24.5 Å². The number of aromatic nitrogens is 1. The summed E-state index contributed by atoms with van der Waals surface area (Å²) in [7, 11) is 3.94. The second-order valence-corrected chi connectivity index (χ2v) is 7.03. The van der Waals surface area contributed by atoms with E-state index in [9.17, 15) is 4.79 Å². The van der Waals surface area contributed by atoms with Gasteiger partial charge >= 0.3 is 0 Å². The number of hydrogen-bond donors (Lipinski definition) is 1. The van der Waals surface area contributed by atoms with Gasteiger partial charge < -0.3 is 19.9 Å². The van der Waals surface area contributed by atoms with Crippen molar-refractivity contribution >= 4 is 33.9 Å². The van der Waals surface area contributed by atoms with Gasteiger partial charge in [0.05, 0.1) is 30.0 Å². The molecule has 6 heteroatoms. The number of rotatable bonds is 4. The zero-order valence-electron chi connectivity index (χ0n) is 16.2. The number of nitrogens with zero attached hydrogens (tertiary/aromatic N) is 3. The summed E-state index contributed by atoms with van der Waals surface area (Å²) >= 11 is 0. The lowest BCUT2D eigenvalue weighted by Crippen LogP contribution is -2.37. The molecule has 1 aliphatic heterocycles. The van der Waals surface area contributed by atoms with Crippen molar-refractivity contribution in [3.05, 3.63) is 60.3 Å². The topological polar surface area (TPSA) is 57.7 Å². The molecule has 1 fully saturated rings. The highest BCUT2D eigenvalue weighted by Crippen LogP contribution is 2.28. The molecule has 0 radical (unpaired) electrons. The number of para-hydroxylation sites is 1. The summed E-state index contributed by atoms with van der Waals surface area (Å²) in [5.41, 5.74) is 4.07. The molecule has 0 bridgehead atoms. The van der Waals surface area contributed by atoms with Crippen molar-refractivity contribution in [1.82, 2.24) is 4.98 Å². The summed E-state index contributed by atoms with van der Waals surface area (Å²) in [4.78, 5) is 21.9. The Hall–Kier alpha value is -3.12. The maximum Gasteiger partial charge on any atom is 0.257 e. The molecule has 28 heavy (non-hydrogen) atoms. The average molecular weight is 376 g/mol. The van der Waals surface area contributed by atoms with Crippen molar-refractivity contribution in [2.24, 2.45) is 0 Å². The van der Waals surface area contributed by atoms with E-state index < -0.39 is 0 Å². The van der Waals surface area contributed by atoms with E-state index in [4.69, 9.17) is 4.74 Å². The van der Waals surface area contributed by atoms with E-state index in [0.717, 1.165) is 35.4 Å². The van der Waals surface area contributed by atoms with Gasteiger partial charge in [-0.15, -0.1) is 0 Å². The second-order valence-electron chi connectivity index (χ2n) is 7.03. The summed E-state index contributed by atoms with van der Waals surface area (Å²) in [5.74, 6) is -0.136. The molecule has 1 aliphatic rings. The van der Waals surface area contributed by atoms with Crippen LogP contribution in [0.4, 0.5) is 17.1 Å². The number of carbonyl (C=O) groups excluding carboxylic acids is 1. The normalized spacial score (nSPS) is 14.1. The molecule has 0 unspecified atom stereocenters. The second kappa shape index (κ2) is 7.86. The van der Waals surface area contributed by atoms with Crippen LogP contribution in [0, 0.1) is 0 Å². The molecule has 1 aromatic heterocycles. The molecule has 6 nitrogen and oxygen atoms in total. The van der Waals surface area contributed by atoms with Crippen LogP contribution in [0.1, 0.15) is 10.4 Å². The molecule has 0 aliphatic carbocycles. The van der Waals surface area contributed by atoms with Gasteiger partial charge in [0, 0.05) is 50.1 Å². The molecule has 1 N–H and O–H groups in total. The third-order valence-corrected chi connectivity index (χ3v) is 4.97. The van der Waals surface area contributed by atoms with Crippen LogP contribution in [0.25, 0.3) is 10.9 Å². The van der Waals surface area contributed by atoms with Crippen LogP contribution in [0.5, 0.6) is 0 Å². The van der Waals surface area contributed by atoms with Crippen molar-refractivity contribution in [3.8, 4) is 0 Å². The number of anilines is 3. The van der Waals surface area contributed by atoms with Gasteiger partial charge in [-0.1, -0.05) is 18.2 Å². The third-order valence-electron chi connectivity index (χ3n) is 4.97. The van der Waals surface area contributed by atoms with Gasteiger partial charge in [-0.3, -0.25) is 9.78 Å². The van der Waals surface area contributed by atoms with Crippen molar-refractivity contribution in [3.63, 3.8) is 0 Å². The fourth-order valence-electron chi connectivity index (χ4n) is 3.46. The fraction of sp³-hybridized carbons (Fsp3) is 0.273. The minimum absolute atomic E-state index is 0.136. The molecule has 0 saturated carbocycles. The van der Waals surface area contributed by atoms with Gasteiger partial charge in [-0.2, -0.15) is 0 Å². The van der Waals surface area contributed by atoms with Crippen LogP contribution >= 0.6 is 0 Å². The minimum atomic E-state index is -0.136. The van der Waals surface area contributed by atoms with Gasteiger partial charge in [0.15, 0.2) is 0 Å². The lowest BCUT2D eigenvalue weighted by Gasteiger charge is -2.31. The zero-order valence-corrected chi connectivity index (χ0v) is 16.2. The number of morpholine rings is 1. The predicted molar refractivity (Wildman–Crippen MR) is 113 cm³/mol. The van der Waals surface area contributed by atoms with Crippen LogP contribution < -0.4 is 15.1 Å². The lowest BCUT2D eigenvalue weighted by molar-refractivity contribution is 0.102. The summed E-state index contributed by atoms with van der Waals surface area (Å²) < 4.78 is 5.47. The first-order valence-electron chi connectivity index (χ1n) is 9.42. The largest absolute Gasteiger partial charge is 0.378 e. The smallest absolute Gasteiger partial charge is 0.257 e. The summed E-state index contributed by atoms with van der Waals surface area (Å²) in [5, 5.41) is 4.07. The molecule has 3 aromatic rings. The summed E-state index contributed by atoms with van der Waals surface area (Å²) in [6.07, 6.45) is 1.74. The van der Waals surface area contributed by atoms with Crippen molar-refractivity contribution < 1.29 is 9.53 Å². The van der Waals surface area contributed by atoms with E-state index >= 15 is 0 Å². The molecule has 2 aromatic carbocycles. The van der Waals surface area contributed by atoms with Crippen molar-refractivity contribution in [2.75, 3.05) is 55.5 Å². The number of pyridine rings is 1. The van der Waals surface area contributed by atoms with E-state index in [1.807, 2.05) is 67.5 Å². The van der Waals surface area contributed by atoms with E-state index in [2.05, 4.69) is 15.2 Å². The monoisotopic (exact) mass is 376 g/mol. The number of hydrogen-bond acceptors (Lipinski definition) is 5. The maximum atomic E-state index is 13.3. The van der Waals surface area contributed by atoms with Crippen LogP contribution in [0.3, 0.4) is 0 Å². The fourth-order valence-corrected chi connectivity index (χ4v) is 3.46. The first-order chi connectivity index (χ1) is 13.6. The highest BCUT2D eigenvalue weighted by Gasteiger charge is 2.20. The Bertz CT molecular complexity index is 991. The number of amides is 1. The number of ether oxygens (including phenoxy) is 1. The Balaban J connectivity index is 1.71. The Morgan fingerprint density at radius 3 is 2.68 bits per heavy atom. The maximum absolute atomic E-state index is 13.3. The SMILES string of the molecule is CN(C)c1ccc(N2CCOCC2)c(C(=O)Nc2cccc3cccnc23)c1. The first kappa shape index (κ1) is 18.3. The Labute approximate surface area is 164 Å². The quantitative estimate of drug-likeness (QED) is 0.756. The number of carbonyl (C=O) groups is 1. The Morgan fingerprint density at radius 2 is 1.89 bits per heavy atom. The third kappa shape index (κ3) is 3.64. The Kier molecular flexibility index (Phi) is 5.12. The molecule has 1 amide bonds. The summed E-state index contributed by atoms with van der Waals surface area (Å²) in [6.45, 7) is 2.89. The standard InChI is InChI=1S/C22H24N4O2/c1-25(2)17-8-9-20(26-11-13-28-14-12-26)18(15-17)22(27)24-19-7-3-5-16-6-4-10-23-21(16)19/h3-10,15H,11-14H2,1-2H3,(H,24,27). The van der Waals surface area contributed by atoms with E-state index in [1.165, 1.54) is 0 Å². The first-order valence-corrected chi connectivity index (χ1v) is 9.42. The van der Waals surface area contributed by atoms with Gasteiger partial charge in [0.25, 0.3) is 5.91 Å². The predicted octanol–water partition coefficient (Wildman–Crippen LogP) is 3.39. The van der Waals surface area contributed by atoms with Crippen LogP contribution in [-0.2, 0) is 4.74 Å². The van der Waals surface area contributed by atoms with Crippen molar-refractivity contribution in [2.45, 2.75) is 0 Å². The van der Waals surface area contributed by atoms with Crippen LogP contribution in [0.15, 0.2) is 54.7 Å². The van der Waals surface area contributed by atoms with E-state index in [-0.39, 0.29) is 5.91 Å². The lowest BCUT2D eigenvalue weighted by atomic mass is 10.1. The number of fused-ring (bicyclic) bond motifs is 1. The molecular weight excluding hydrogens is 352 g/mol. The number of benzene rings is 2. The average Bonchev–Trinajstić information content (AvgIpc) is 2.74. The Morgan fingerprint density at radius 1 is 1.11 bits per heavy atom. The van der Waals surface area contributed by atoms with Gasteiger partial charge in [0.1, 0.15) is 0 Å². The van der Waals surface area contributed by atoms with Crippen LogP contribution in [-0.4, -0.2) is 51.3 Å². The molecule has 1 saturated heterocycles. The number of nitrogens with one attached hydrogen (secondary N) is 1. The molecular formula is C22H24N4O2. The molecule has 144 valence electrons.